The van der Waals surface area contributed by atoms with Crippen LogP contribution in [-0.2, 0) is 16.0 Å². The Morgan fingerprint density at radius 1 is 1.35 bits per heavy atom. The van der Waals surface area contributed by atoms with Crippen LogP contribution in [0, 0.1) is 12.8 Å². The van der Waals surface area contributed by atoms with E-state index >= 15 is 0 Å². The van der Waals surface area contributed by atoms with E-state index in [1.807, 2.05) is 6.92 Å². The van der Waals surface area contributed by atoms with Crippen LogP contribution in [0.4, 0.5) is 5.69 Å². The van der Waals surface area contributed by atoms with Gasteiger partial charge in [0.25, 0.3) is 0 Å². The maximum absolute atomic E-state index is 12.3. The summed E-state index contributed by atoms with van der Waals surface area (Å²) >= 11 is 7.57. The van der Waals surface area contributed by atoms with E-state index in [-0.39, 0.29) is 24.2 Å². The van der Waals surface area contributed by atoms with Crippen LogP contribution in [-0.4, -0.2) is 29.9 Å². The van der Waals surface area contributed by atoms with Gasteiger partial charge in [-0.2, -0.15) is 0 Å². The number of hydrogen-bond donors (Lipinski definition) is 1. The van der Waals surface area contributed by atoms with Gasteiger partial charge in [0.2, 0.25) is 11.8 Å². The van der Waals surface area contributed by atoms with Gasteiger partial charge in [-0.05, 0) is 50.5 Å². The van der Waals surface area contributed by atoms with Gasteiger partial charge in [0.05, 0.1) is 10.9 Å². The standard InChI is InChI=1S/C19H22ClN3O2S/c1-13-12-26-17(22-13)4-2-3-9-21-19(25)14-10-18(24)23(11-14)16-7-5-15(20)6-8-16/h5-8,12,14H,2-4,9-11H2,1H3,(H,21,25). The molecule has 1 fully saturated rings. The fourth-order valence-corrected chi connectivity index (χ4v) is 3.97. The quantitative estimate of drug-likeness (QED) is 0.733. The van der Waals surface area contributed by atoms with E-state index in [1.54, 1.807) is 40.5 Å². The zero-order valence-electron chi connectivity index (χ0n) is 14.7. The molecule has 2 aromatic rings. The van der Waals surface area contributed by atoms with E-state index in [0.29, 0.717) is 18.1 Å². The zero-order chi connectivity index (χ0) is 18.5. The molecular formula is C19H22ClN3O2S. The average molecular weight is 392 g/mol. The molecule has 2 heterocycles. The molecule has 0 spiro atoms. The van der Waals surface area contributed by atoms with Crippen LogP contribution in [0.1, 0.15) is 30.0 Å². The lowest BCUT2D eigenvalue weighted by Gasteiger charge is -2.16. The molecule has 1 N–H and O–H groups in total. The minimum atomic E-state index is -0.292. The highest BCUT2D eigenvalue weighted by Gasteiger charge is 2.34. The highest BCUT2D eigenvalue weighted by Crippen LogP contribution is 2.26. The summed E-state index contributed by atoms with van der Waals surface area (Å²) < 4.78 is 0. The highest BCUT2D eigenvalue weighted by atomic mass is 35.5. The Labute approximate surface area is 162 Å². The number of rotatable bonds is 7. The van der Waals surface area contributed by atoms with Crippen molar-refractivity contribution in [3.63, 3.8) is 0 Å². The summed E-state index contributed by atoms with van der Waals surface area (Å²) in [6, 6.07) is 7.12. The number of anilines is 1. The molecule has 1 atom stereocenters. The first-order chi connectivity index (χ1) is 12.5. The topological polar surface area (TPSA) is 62.3 Å². The number of thiazole rings is 1. The van der Waals surface area contributed by atoms with Gasteiger partial charge in [-0.15, -0.1) is 11.3 Å². The first-order valence-corrected chi connectivity index (χ1v) is 10.0. The van der Waals surface area contributed by atoms with Crippen LogP contribution in [0.5, 0.6) is 0 Å². The van der Waals surface area contributed by atoms with Crippen molar-refractivity contribution in [2.45, 2.75) is 32.6 Å². The second-order valence-electron chi connectivity index (χ2n) is 6.51. The summed E-state index contributed by atoms with van der Waals surface area (Å²) in [5.74, 6) is -0.355. The Morgan fingerprint density at radius 3 is 2.81 bits per heavy atom. The maximum Gasteiger partial charge on any atom is 0.227 e. The Kier molecular flexibility index (Phi) is 6.27. The predicted octanol–water partition coefficient (Wildman–Crippen LogP) is 3.60. The van der Waals surface area contributed by atoms with Crippen LogP contribution in [0.25, 0.3) is 0 Å². The average Bonchev–Trinajstić information content (AvgIpc) is 3.21. The molecule has 5 nitrogen and oxygen atoms in total. The first kappa shape index (κ1) is 18.9. The predicted molar refractivity (Wildman–Crippen MR) is 105 cm³/mol. The number of nitrogens with one attached hydrogen (secondary N) is 1. The molecule has 3 rings (SSSR count). The minimum Gasteiger partial charge on any atom is -0.356 e. The highest BCUT2D eigenvalue weighted by molar-refractivity contribution is 7.09. The molecule has 1 saturated heterocycles. The Balaban J connectivity index is 1.41. The van der Waals surface area contributed by atoms with E-state index in [2.05, 4.69) is 15.7 Å². The number of carbonyl (C=O) groups excluding carboxylic acids is 2. The molecule has 1 aromatic carbocycles. The van der Waals surface area contributed by atoms with E-state index in [4.69, 9.17) is 11.6 Å². The second-order valence-corrected chi connectivity index (χ2v) is 7.89. The summed E-state index contributed by atoms with van der Waals surface area (Å²) in [5.41, 5.74) is 1.85. The normalized spacial score (nSPS) is 16.9. The number of benzene rings is 1. The summed E-state index contributed by atoms with van der Waals surface area (Å²) in [6.45, 7) is 3.05. The third-order valence-corrected chi connectivity index (χ3v) is 5.70. The number of halogens is 1. The monoisotopic (exact) mass is 391 g/mol. The smallest absolute Gasteiger partial charge is 0.227 e. The van der Waals surface area contributed by atoms with Crippen molar-refractivity contribution in [2.75, 3.05) is 18.0 Å². The van der Waals surface area contributed by atoms with Gasteiger partial charge in [-0.25, -0.2) is 4.98 Å². The number of carbonyl (C=O) groups is 2. The van der Waals surface area contributed by atoms with Crippen molar-refractivity contribution >= 4 is 40.4 Å². The van der Waals surface area contributed by atoms with Crippen LogP contribution >= 0.6 is 22.9 Å². The molecule has 1 aliphatic rings. The number of hydrogen-bond acceptors (Lipinski definition) is 4. The number of aryl methyl sites for hydroxylation is 2. The largest absolute Gasteiger partial charge is 0.356 e. The lowest BCUT2D eigenvalue weighted by atomic mass is 10.1. The summed E-state index contributed by atoms with van der Waals surface area (Å²) in [4.78, 5) is 30.6. The SMILES string of the molecule is Cc1csc(CCCCNC(=O)C2CC(=O)N(c3ccc(Cl)cc3)C2)n1. The third-order valence-electron chi connectivity index (χ3n) is 4.42. The zero-order valence-corrected chi connectivity index (χ0v) is 16.3. The number of aromatic nitrogens is 1. The molecule has 0 radical (unpaired) electrons. The van der Waals surface area contributed by atoms with Gasteiger partial charge in [0, 0.05) is 41.3 Å². The number of unbranched alkanes of at least 4 members (excludes halogenated alkanes) is 1. The molecule has 1 aromatic heterocycles. The minimum absolute atomic E-state index is 0.0217. The fraction of sp³-hybridized carbons (Fsp3) is 0.421. The maximum atomic E-state index is 12.3. The molecular weight excluding hydrogens is 370 g/mol. The van der Waals surface area contributed by atoms with Gasteiger partial charge >= 0.3 is 0 Å². The first-order valence-electron chi connectivity index (χ1n) is 8.77. The fourth-order valence-electron chi connectivity index (χ4n) is 3.03. The molecule has 7 heteroatoms. The van der Waals surface area contributed by atoms with Crippen LogP contribution in [0.3, 0.4) is 0 Å². The molecule has 0 bridgehead atoms. The van der Waals surface area contributed by atoms with Gasteiger partial charge < -0.3 is 10.2 Å². The van der Waals surface area contributed by atoms with Crippen molar-refractivity contribution < 1.29 is 9.59 Å². The van der Waals surface area contributed by atoms with Crippen molar-refractivity contribution in [3.05, 3.63) is 45.4 Å². The van der Waals surface area contributed by atoms with E-state index in [0.717, 1.165) is 35.7 Å². The van der Waals surface area contributed by atoms with Crippen molar-refractivity contribution in [1.82, 2.24) is 10.3 Å². The molecule has 138 valence electrons. The van der Waals surface area contributed by atoms with Gasteiger partial charge in [-0.3, -0.25) is 9.59 Å². The number of amides is 2. The Hall–Kier alpha value is -1.92. The second kappa shape index (κ2) is 8.64. The molecule has 0 aliphatic carbocycles. The number of nitrogens with zero attached hydrogens (tertiary/aromatic N) is 2. The van der Waals surface area contributed by atoms with Crippen molar-refractivity contribution in [3.8, 4) is 0 Å². The van der Waals surface area contributed by atoms with E-state index < -0.39 is 0 Å². The van der Waals surface area contributed by atoms with Gasteiger partial charge in [0.15, 0.2) is 0 Å². The van der Waals surface area contributed by atoms with Crippen LogP contribution < -0.4 is 10.2 Å². The van der Waals surface area contributed by atoms with Gasteiger partial charge in [0.1, 0.15) is 0 Å². The van der Waals surface area contributed by atoms with Crippen LogP contribution in [0.15, 0.2) is 29.6 Å². The summed E-state index contributed by atoms with van der Waals surface area (Å²) in [5, 5.41) is 6.79. The lowest BCUT2D eigenvalue weighted by Crippen LogP contribution is -2.33. The van der Waals surface area contributed by atoms with Crippen molar-refractivity contribution in [1.29, 1.82) is 0 Å². The third kappa shape index (κ3) is 4.83. The molecule has 0 saturated carbocycles. The lowest BCUT2D eigenvalue weighted by molar-refractivity contribution is -0.126. The van der Waals surface area contributed by atoms with Crippen molar-refractivity contribution in [2.24, 2.45) is 5.92 Å². The molecule has 1 aliphatic heterocycles. The molecule has 2 amide bonds. The van der Waals surface area contributed by atoms with E-state index in [1.165, 1.54) is 0 Å². The van der Waals surface area contributed by atoms with Gasteiger partial charge in [-0.1, -0.05) is 11.6 Å². The molecule has 1 unspecified atom stereocenters. The summed E-state index contributed by atoms with van der Waals surface area (Å²) in [7, 11) is 0. The Morgan fingerprint density at radius 2 is 2.12 bits per heavy atom. The van der Waals surface area contributed by atoms with E-state index in [9.17, 15) is 9.59 Å². The molecule has 26 heavy (non-hydrogen) atoms. The van der Waals surface area contributed by atoms with Crippen LogP contribution in [0.2, 0.25) is 5.02 Å². The summed E-state index contributed by atoms with van der Waals surface area (Å²) in [6.07, 6.45) is 3.10. The Bertz CT molecular complexity index is 775.